The summed E-state index contributed by atoms with van der Waals surface area (Å²) in [6.45, 7) is 0. The van der Waals surface area contributed by atoms with Gasteiger partial charge in [0.05, 0.1) is 11.8 Å². The van der Waals surface area contributed by atoms with Gasteiger partial charge in [-0.2, -0.15) is 5.10 Å². The van der Waals surface area contributed by atoms with Crippen molar-refractivity contribution in [3.63, 3.8) is 0 Å². The van der Waals surface area contributed by atoms with Gasteiger partial charge >= 0.3 is 0 Å². The standard InChI is InChI=1S/C14H13N3O3/c15-11-4-2-1-3-10(11)14(20)17-16-8-9-5-6-12(18)13(19)7-9/h1-8,18-19H,15H2,(H,17,20). The average molecular weight is 271 g/mol. The van der Waals surface area contributed by atoms with Crippen LogP contribution in [0.15, 0.2) is 47.6 Å². The Kier molecular flexibility index (Phi) is 3.85. The number of carbonyl (C=O) groups is 1. The number of phenols is 2. The number of nitrogens with two attached hydrogens (primary N) is 1. The normalized spacial score (nSPS) is 10.6. The third kappa shape index (κ3) is 3.05. The number of nitrogens with zero attached hydrogens (tertiary/aromatic N) is 1. The minimum absolute atomic E-state index is 0.219. The zero-order valence-corrected chi connectivity index (χ0v) is 10.4. The first-order valence-corrected chi connectivity index (χ1v) is 5.78. The first kappa shape index (κ1) is 13.4. The zero-order valence-electron chi connectivity index (χ0n) is 10.4. The number of benzene rings is 2. The second kappa shape index (κ2) is 5.75. The Balaban J connectivity index is 2.05. The van der Waals surface area contributed by atoms with Crippen molar-refractivity contribution in [3.8, 4) is 11.5 Å². The molecule has 0 aliphatic carbocycles. The van der Waals surface area contributed by atoms with Crippen molar-refractivity contribution in [2.24, 2.45) is 5.10 Å². The van der Waals surface area contributed by atoms with E-state index in [9.17, 15) is 9.90 Å². The van der Waals surface area contributed by atoms with Crippen molar-refractivity contribution in [1.82, 2.24) is 5.43 Å². The van der Waals surface area contributed by atoms with Crippen molar-refractivity contribution in [2.75, 3.05) is 5.73 Å². The van der Waals surface area contributed by atoms with Crippen molar-refractivity contribution >= 4 is 17.8 Å². The van der Waals surface area contributed by atoms with Crippen LogP contribution in [0.25, 0.3) is 0 Å². The Hall–Kier alpha value is -3.02. The fraction of sp³-hybridized carbons (Fsp3) is 0. The molecule has 6 nitrogen and oxygen atoms in total. The number of hydrogen-bond donors (Lipinski definition) is 4. The molecule has 0 atom stereocenters. The molecule has 0 aliphatic heterocycles. The number of amides is 1. The second-order valence-corrected chi connectivity index (χ2v) is 4.03. The summed E-state index contributed by atoms with van der Waals surface area (Å²) in [5.41, 5.74) is 9.22. The molecule has 6 heteroatoms. The fourth-order valence-electron chi connectivity index (χ4n) is 1.55. The Labute approximate surface area is 115 Å². The highest BCUT2D eigenvalue weighted by molar-refractivity contribution is 5.99. The lowest BCUT2D eigenvalue weighted by molar-refractivity contribution is 0.0956. The van der Waals surface area contributed by atoms with Gasteiger partial charge < -0.3 is 15.9 Å². The molecule has 0 saturated heterocycles. The number of aromatic hydroxyl groups is 2. The molecule has 2 rings (SSSR count). The molecule has 0 spiro atoms. The molecule has 0 unspecified atom stereocenters. The molecular weight excluding hydrogens is 258 g/mol. The summed E-state index contributed by atoms with van der Waals surface area (Å²) in [4.78, 5) is 11.8. The highest BCUT2D eigenvalue weighted by Gasteiger charge is 2.07. The number of hydrogen-bond acceptors (Lipinski definition) is 5. The van der Waals surface area contributed by atoms with E-state index in [1.807, 2.05) is 0 Å². The maximum Gasteiger partial charge on any atom is 0.273 e. The molecule has 2 aromatic rings. The molecule has 102 valence electrons. The monoisotopic (exact) mass is 271 g/mol. The van der Waals surface area contributed by atoms with Crippen LogP contribution < -0.4 is 11.2 Å². The highest BCUT2D eigenvalue weighted by atomic mass is 16.3. The van der Waals surface area contributed by atoms with Gasteiger partial charge in [0.25, 0.3) is 5.91 Å². The molecule has 0 saturated carbocycles. The average Bonchev–Trinajstić information content (AvgIpc) is 2.43. The van der Waals surface area contributed by atoms with Crippen LogP contribution in [0, 0.1) is 0 Å². The largest absolute Gasteiger partial charge is 0.504 e. The van der Waals surface area contributed by atoms with Gasteiger partial charge in [0.15, 0.2) is 11.5 Å². The van der Waals surface area contributed by atoms with Crippen LogP contribution in [0.4, 0.5) is 5.69 Å². The number of hydrazone groups is 1. The number of anilines is 1. The van der Waals surface area contributed by atoms with Crippen molar-refractivity contribution in [1.29, 1.82) is 0 Å². The van der Waals surface area contributed by atoms with Gasteiger partial charge in [0.2, 0.25) is 0 Å². The van der Waals surface area contributed by atoms with E-state index in [0.717, 1.165) is 0 Å². The third-order valence-corrected chi connectivity index (χ3v) is 2.58. The molecule has 5 N–H and O–H groups in total. The lowest BCUT2D eigenvalue weighted by Crippen LogP contribution is -2.18. The van der Waals surface area contributed by atoms with Crippen LogP contribution in [0.2, 0.25) is 0 Å². The van der Waals surface area contributed by atoms with E-state index in [1.165, 1.54) is 18.3 Å². The summed E-state index contributed by atoms with van der Waals surface area (Å²) in [6.07, 6.45) is 1.34. The van der Waals surface area contributed by atoms with Gasteiger partial charge in [-0.3, -0.25) is 4.79 Å². The van der Waals surface area contributed by atoms with Crippen LogP contribution in [-0.2, 0) is 0 Å². The Morgan fingerprint density at radius 2 is 1.90 bits per heavy atom. The Morgan fingerprint density at radius 3 is 2.60 bits per heavy atom. The van der Waals surface area contributed by atoms with Crippen LogP contribution in [0.5, 0.6) is 11.5 Å². The van der Waals surface area contributed by atoms with Gasteiger partial charge in [-0.15, -0.1) is 0 Å². The topological polar surface area (TPSA) is 108 Å². The zero-order chi connectivity index (χ0) is 14.5. The van der Waals surface area contributed by atoms with Gasteiger partial charge in [0.1, 0.15) is 0 Å². The molecule has 20 heavy (non-hydrogen) atoms. The molecule has 1 amide bonds. The van der Waals surface area contributed by atoms with E-state index in [2.05, 4.69) is 10.5 Å². The third-order valence-electron chi connectivity index (χ3n) is 2.58. The van der Waals surface area contributed by atoms with Crippen LogP contribution in [-0.4, -0.2) is 22.3 Å². The van der Waals surface area contributed by atoms with Crippen LogP contribution in [0.1, 0.15) is 15.9 Å². The first-order chi connectivity index (χ1) is 9.58. The molecule has 0 fully saturated rings. The lowest BCUT2D eigenvalue weighted by atomic mass is 10.2. The maximum atomic E-state index is 11.8. The van der Waals surface area contributed by atoms with E-state index in [-0.39, 0.29) is 11.5 Å². The summed E-state index contributed by atoms with van der Waals surface area (Å²) in [5, 5.41) is 22.2. The molecule has 0 bridgehead atoms. The molecule has 0 aromatic heterocycles. The van der Waals surface area contributed by atoms with Crippen LogP contribution >= 0.6 is 0 Å². The predicted octanol–water partition coefficient (Wildman–Crippen LogP) is 1.44. The molecule has 2 aromatic carbocycles. The highest BCUT2D eigenvalue weighted by Crippen LogP contribution is 2.23. The van der Waals surface area contributed by atoms with Gasteiger partial charge in [-0.25, -0.2) is 5.43 Å². The van der Waals surface area contributed by atoms with E-state index < -0.39 is 5.91 Å². The number of nitrogens with one attached hydrogen (secondary N) is 1. The molecule has 0 radical (unpaired) electrons. The minimum Gasteiger partial charge on any atom is -0.504 e. The quantitative estimate of drug-likeness (QED) is 0.293. The number of carbonyl (C=O) groups excluding carboxylic acids is 1. The summed E-state index contributed by atoms with van der Waals surface area (Å²) in [5.74, 6) is -0.904. The number of phenolic OH excluding ortho intramolecular Hbond substituents is 2. The van der Waals surface area contributed by atoms with E-state index in [0.29, 0.717) is 16.8 Å². The van der Waals surface area contributed by atoms with E-state index in [1.54, 1.807) is 30.3 Å². The van der Waals surface area contributed by atoms with Gasteiger partial charge in [0, 0.05) is 5.69 Å². The van der Waals surface area contributed by atoms with E-state index in [4.69, 9.17) is 10.8 Å². The lowest BCUT2D eigenvalue weighted by Gasteiger charge is -2.03. The minimum atomic E-state index is -0.428. The van der Waals surface area contributed by atoms with Crippen LogP contribution in [0.3, 0.4) is 0 Å². The number of nitrogen functional groups attached to an aromatic ring is 1. The summed E-state index contributed by atoms with van der Waals surface area (Å²) < 4.78 is 0. The first-order valence-electron chi connectivity index (χ1n) is 5.78. The van der Waals surface area contributed by atoms with Crippen molar-refractivity contribution < 1.29 is 15.0 Å². The smallest absolute Gasteiger partial charge is 0.273 e. The maximum absolute atomic E-state index is 11.8. The fourth-order valence-corrected chi connectivity index (χ4v) is 1.55. The van der Waals surface area contributed by atoms with Crippen molar-refractivity contribution in [3.05, 3.63) is 53.6 Å². The Bertz CT molecular complexity index is 668. The summed E-state index contributed by atoms with van der Waals surface area (Å²) in [6, 6.07) is 10.8. The number of rotatable bonds is 3. The van der Waals surface area contributed by atoms with E-state index >= 15 is 0 Å². The Morgan fingerprint density at radius 1 is 1.15 bits per heavy atom. The van der Waals surface area contributed by atoms with Gasteiger partial charge in [-0.05, 0) is 35.9 Å². The molecule has 0 aliphatic rings. The second-order valence-electron chi connectivity index (χ2n) is 4.03. The predicted molar refractivity (Wildman–Crippen MR) is 75.7 cm³/mol. The molecular formula is C14H13N3O3. The SMILES string of the molecule is Nc1ccccc1C(=O)NN=Cc1ccc(O)c(O)c1. The van der Waals surface area contributed by atoms with Gasteiger partial charge in [-0.1, -0.05) is 12.1 Å². The molecule has 0 heterocycles. The summed E-state index contributed by atoms with van der Waals surface area (Å²) in [7, 11) is 0. The van der Waals surface area contributed by atoms with Crippen molar-refractivity contribution in [2.45, 2.75) is 0 Å². The number of para-hydroxylation sites is 1. The summed E-state index contributed by atoms with van der Waals surface area (Å²) >= 11 is 0.